The molecule has 14 heavy (non-hydrogen) atoms. The number of hydrogen-bond donors (Lipinski definition) is 1. The summed E-state index contributed by atoms with van der Waals surface area (Å²) in [5.41, 5.74) is -0.421. The van der Waals surface area contributed by atoms with Crippen LogP contribution in [-0.2, 0) is 4.79 Å². The highest BCUT2D eigenvalue weighted by Gasteiger charge is 2.41. The molecule has 0 aliphatic heterocycles. The summed E-state index contributed by atoms with van der Waals surface area (Å²) in [7, 11) is 0. The molecular weight excluding hydrogens is 197 g/mol. The van der Waals surface area contributed by atoms with Gasteiger partial charge in [-0.3, -0.25) is 0 Å². The van der Waals surface area contributed by atoms with Crippen LogP contribution in [0.3, 0.4) is 0 Å². The molecule has 5 heteroatoms. The topological polar surface area (TPSA) is 37.3 Å². The lowest BCUT2D eigenvalue weighted by atomic mass is 9.99. The van der Waals surface area contributed by atoms with Gasteiger partial charge in [-0.2, -0.15) is 13.2 Å². The van der Waals surface area contributed by atoms with Gasteiger partial charge in [0.25, 0.3) is 0 Å². The van der Waals surface area contributed by atoms with Gasteiger partial charge in [-0.05, 0) is 6.07 Å². The molecule has 0 heterocycles. The molecule has 0 aliphatic carbocycles. The zero-order chi connectivity index (χ0) is 10.8. The number of phenolic OH excluding ortho intramolecular Hbond substituents is 1. The average Bonchev–Trinajstić information content (AvgIpc) is 2.07. The number of phenols is 1. The van der Waals surface area contributed by atoms with Gasteiger partial charge in [-0.1, -0.05) is 18.2 Å². The molecule has 0 spiro atoms. The van der Waals surface area contributed by atoms with Gasteiger partial charge in [0.15, 0.2) is 0 Å². The van der Waals surface area contributed by atoms with Crippen molar-refractivity contribution in [3.8, 4) is 5.75 Å². The van der Waals surface area contributed by atoms with E-state index in [-0.39, 0.29) is 6.29 Å². The molecule has 1 rings (SSSR count). The molecule has 1 aromatic carbocycles. The summed E-state index contributed by atoms with van der Waals surface area (Å²) in [6.45, 7) is 0. The summed E-state index contributed by atoms with van der Waals surface area (Å²) in [4.78, 5) is 10.3. The third-order valence-electron chi connectivity index (χ3n) is 1.76. The Morgan fingerprint density at radius 3 is 2.29 bits per heavy atom. The van der Waals surface area contributed by atoms with Gasteiger partial charge in [0.2, 0.25) is 0 Å². The van der Waals surface area contributed by atoms with Crippen molar-refractivity contribution in [1.29, 1.82) is 0 Å². The lowest BCUT2D eigenvalue weighted by molar-refractivity contribution is -0.156. The van der Waals surface area contributed by atoms with E-state index in [1.54, 1.807) is 0 Å². The number of para-hydroxylation sites is 1. The van der Waals surface area contributed by atoms with Gasteiger partial charge < -0.3 is 9.90 Å². The first-order chi connectivity index (χ1) is 6.46. The lowest BCUT2D eigenvalue weighted by Gasteiger charge is -2.15. The van der Waals surface area contributed by atoms with E-state index in [0.29, 0.717) is 0 Å². The van der Waals surface area contributed by atoms with Crippen molar-refractivity contribution >= 4 is 6.29 Å². The quantitative estimate of drug-likeness (QED) is 0.750. The third kappa shape index (κ3) is 2.04. The first-order valence-corrected chi connectivity index (χ1v) is 3.76. The third-order valence-corrected chi connectivity index (χ3v) is 1.76. The molecule has 0 aromatic heterocycles. The van der Waals surface area contributed by atoms with Crippen molar-refractivity contribution in [3.05, 3.63) is 29.8 Å². The van der Waals surface area contributed by atoms with Crippen LogP contribution in [0.2, 0.25) is 0 Å². The van der Waals surface area contributed by atoms with Crippen LogP contribution in [0.5, 0.6) is 5.75 Å². The fourth-order valence-electron chi connectivity index (χ4n) is 1.08. The number of alkyl halides is 3. The molecule has 2 nitrogen and oxygen atoms in total. The molecule has 0 saturated carbocycles. The van der Waals surface area contributed by atoms with Gasteiger partial charge in [0.05, 0.1) is 0 Å². The Labute approximate surface area is 78.0 Å². The summed E-state index contributed by atoms with van der Waals surface area (Å²) >= 11 is 0. The molecule has 0 radical (unpaired) electrons. The van der Waals surface area contributed by atoms with Gasteiger partial charge in [0, 0.05) is 5.56 Å². The van der Waals surface area contributed by atoms with Crippen molar-refractivity contribution in [3.63, 3.8) is 0 Å². The molecule has 0 fully saturated rings. The lowest BCUT2D eigenvalue weighted by Crippen LogP contribution is -2.21. The highest BCUT2D eigenvalue weighted by molar-refractivity contribution is 5.65. The number of rotatable bonds is 2. The van der Waals surface area contributed by atoms with Gasteiger partial charge >= 0.3 is 6.18 Å². The van der Waals surface area contributed by atoms with Crippen LogP contribution in [0.1, 0.15) is 11.5 Å². The number of hydrogen-bond acceptors (Lipinski definition) is 2. The molecule has 1 unspecified atom stereocenters. The molecule has 76 valence electrons. The van der Waals surface area contributed by atoms with Crippen LogP contribution in [0.4, 0.5) is 13.2 Å². The second-order valence-electron chi connectivity index (χ2n) is 2.71. The number of carbonyl (C=O) groups excluding carboxylic acids is 1. The monoisotopic (exact) mass is 204 g/mol. The predicted molar refractivity (Wildman–Crippen MR) is 43.0 cm³/mol. The van der Waals surface area contributed by atoms with E-state index < -0.39 is 23.4 Å². The van der Waals surface area contributed by atoms with Crippen LogP contribution < -0.4 is 0 Å². The summed E-state index contributed by atoms with van der Waals surface area (Å²) < 4.78 is 36.7. The fourth-order valence-corrected chi connectivity index (χ4v) is 1.08. The fraction of sp³-hybridized carbons (Fsp3) is 0.222. The van der Waals surface area contributed by atoms with E-state index in [9.17, 15) is 18.0 Å². The molecule has 0 saturated heterocycles. The van der Waals surface area contributed by atoms with Crippen molar-refractivity contribution in [2.24, 2.45) is 0 Å². The maximum absolute atomic E-state index is 12.2. The zero-order valence-corrected chi connectivity index (χ0v) is 6.95. The first kappa shape index (κ1) is 10.6. The Hall–Kier alpha value is -1.52. The minimum atomic E-state index is -4.67. The number of benzene rings is 1. The van der Waals surface area contributed by atoms with Crippen LogP contribution in [0, 0.1) is 0 Å². The van der Waals surface area contributed by atoms with E-state index in [0.717, 1.165) is 12.1 Å². The average molecular weight is 204 g/mol. The molecule has 0 aliphatic rings. The standard InChI is InChI=1S/C9H7F3O2/c10-9(11,12)7(5-13)6-3-1-2-4-8(6)14/h1-5,7,14H. The summed E-state index contributed by atoms with van der Waals surface area (Å²) in [5.74, 6) is -2.79. The van der Waals surface area contributed by atoms with Crippen molar-refractivity contribution in [2.75, 3.05) is 0 Å². The highest BCUT2D eigenvalue weighted by atomic mass is 19.4. The van der Waals surface area contributed by atoms with Gasteiger partial charge in [-0.25, -0.2) is 0 Å². The molecule has 1 aromatic rings. The Kier molecular flexibility index (Phi) is 2.78. The highest BCUT2D eigenvalue weighted by Crippen LogP contribution is 2.36. The van der Waals surface area contributed by atoms with Crippen LogP contribution >= 0.6 is 0 Å². The smallest absolute Gasteiger partial charge is 0.402 e. The molecular formula is C9H7F3O2. The number of halogens is 3. The minimum absolute atomic E-state index is 0.227. The Morgan fingerprint density at radius 2 is 1.86 bits per heavy atom. The zero-order valence-electron chi connectivity index (χ0n) is 6.95. The summed E-state index contributed by atoms with van der Waals surface area (Å²) in [5, 5.41) is 9.12. The van der Waals surface area contributed by atoms with Crippen LogP contribution in [0.25, 0.3) is 0 Å². The molecule has 0 amide bonds. The second kappa shape index (κ2) is 3.69. The molecule has 1 N–H and O–H groups in total. The van der Waals surface area contributed by atoms with Crippen molar-refractivity contribution in [1.82, 2.24) is 0 Å². The van der Waals surface area contributed by atoms with Crippen molar-refractivity contribution in [2.45, 2.75) is 12.1 Å². The van der Waals surface area contributed by atoms with E-state index in [1.807, 2.05) is 0 Å². The van der Waals surface area contributed by atoms with Gasteiger partial charge in [0.1, 0.15) is 18.0 Å². The summed E-state index contributed by atoms with van der Waals surface area (Å²) in [6, 6.07) is 4.90. The largest absolute Gasteiger partial charge is 0.508 e. The Balaban J connectivity index is 3.14. The SMILES string of the molecule is O=CC(c1ccccc1O)C(F)(F)F. The summed E-state index contributed by atoms with van der Waals surface area (Å²) in [6.07, 6.45) is -4.89. The Morgan fingerprint density at radius 1 is 1.29 bits per heavy atom. The van der Waals surface area contributed by atoms with E-state index in [2.05, 4.69) is 0 Å². The minimum Gasteiger partial charge on any atom is -0.508 e. The van der Waals surface area contributed by atoms with E-state index in [4.69, 9.17) is 5.11 Å². The Bertz CT molecular complexity index is 333. The predicted octanol–water partition coefficient (Wildman–Crippen LogP) is 2.24. The molecule has 1 atom stereocenters. The normalized spacial score (nSPS) is 13.6. The van der Waals surface area contributed by atoms with E-state index >= 15 is 0 Å². The maximum atomic E-state index is 12.2. The van der Waals surface area contributed by atoms with E-state index in [1.165, 1.54) is 12.1 Å². The van der Waals surface area contributed by atoms with Crippen LogP contribution in [-0.4, -0.2) is 17.6 Å². The van der Waals surface area contributed by atoms with Gasteiger partial charge in [-0.15, -0.1) is 0 Å². The van der Waals surface area contributed by atoms with Crippen LogP contribution in [0.15, 0.2) is 24.3 Å². The maximum Gasteiger partial charge on any atom is 0.402 e. The van der Waals surface area contributed by atoms with Crippen molar-refractivity contribution < 1.29 is 23.1 Å². The second-order valence-corrected chi connectivity index (χ2v) is 2.71. The number of aromatic hydroxyl groups is 1. The number of carbonyl (C=O) groups is 1. The molecule has 0 bridgehead atoms. The number of aldehydes is 1. The first-order valence-electron chi connectivity index (χ1n) is 3.76.